The fourth-order valence-corrected chi connectivity index (χ4v) is 2.88. The molecule has 0 amide bonds. The van der Waals surface area contributed by atoms with Crippen LogP contribution < -0.4 is 0 Å². The molecule has 0 aromatic heterocycles. The van der Waals surface area contributed by atoms with Gasteiger partial charge in [0.15, 0.2) is 0 Å². The van der Waals surface area contributed by atoms with E-state index in [2.05, 4.69) is 11.7 Å². The summed E-state index contributed by atoms with van der Waals surface area (Å²) in [6.45, 7) is 5.87. The van der Waals surface area contributed by atoms with Crippen LogP contribution in [0.3, 0.4) is 0 Å². The van der Waals surface area contributed by atoms with E-state index in [1.54, 1.807) is 0 Å². The topological polar surface area (TPSA) is 43.4 Å². The average Bonchev–Trinajstić information content (AvgIpc) is 2.16. The second-order valence-corrected chi connectivity index (χ2v) is 5.79. The predicted molar refractivity (Wildman–Crippen MR) is 58.6 cm³/mol. The van der Waals surface area contributed by atoms with Gasteiger partial charge in [-0.05, 0) is 6.42 Å². The monoisotopic (exact) mass is 220 g/mol. The van der Waals surface area contributed by atoms with Gasteiger partial charge in [-0.2, -0.15) is 0 Å². The number of hydrogen-bond donors (Lipinski definition) is 0. The number of carbonyl (C=O) groups is 1. The third-order valence-corrected chi connectivity index (χ3v) is 4.16. The number of rotatable bonds is 6. The molecule has 0 rings (SSSR count). The quantitative estimate of drug-likeness (QED) is 0.642. The van der Waals surface area contributed by atoms with E-state index in [1.807, 2.05) is 13.8 Å². The van der Waals surface area contributed by atoms with Crippen LogP contribution >= 0.6 is 0 Å². The van der Waals surface area contributed by atoms with E-state index in [0.29, 0.717) is 0 Å². The highest BCUT2D eigenvalue weighted by atomic mass is 32.2. The zero-order chi connectivity index (χ0) is 11.1. The molecule has 0 radical (unpaired) electrons. The van der Waals surface area contributed by atoms with Crippen molar-refractivity contribution in [1.29, 1.82) is 0 Å². The molecular weight excluding hydrogens is 200 g/mol. The molecule has 0 saturated heterocycles. The Morgan fingerprint density at radius 3 is 2.36 bits per heavy atom. The summed E-state index contributed by atoms with van der Waals surface area (Å²) in [6.07, 6.45) is 2.22. The minimum atomic E-state index is -0.932. The average molecular weight is 220 g/mol. The SMILES string of the molecule is CCCC(C)S(=O)C(C)CC(=O)OC. The van der Waals surface area contributed by atoms with Crippen LogP contribution in [0.25, 0.3) is 0 Å². The molecule has 0 aliphatic rings. The molecule has 14 heavy (non-hydrogen) atoms. The van der Waals surface area contributed by atoms with Crippen LogP contribution in [0.15, 0.2) is 0 Å². The Kier molecular flexibility index (Phi) is 6.79. The molecule has 3 nitrogen and oxygen atoms in total. The first-order valence-electron chi connectivity index (χ1n) is 4.99. The molecule has 0 heterocycles. The second-order valence-electron chi connectivity index (χ2n) is 3.52. The van der Waals surface area contributed by atoms with E-state index in [-0.39, 0.29) is 22.9 Å². The van der Waals surface area contributed by atoms with Gasteiger partial charge in [0.25, 0.3) is 0 Å². The molecule has 3 atom stereocenters. The molecule has 0 bridgehead atoms. The third kappa shape index (κ3) is 4.74. The minimum Gasteiger partial charge on any atom is -0.469 e. The van der Waals surface area contributed by atoms with Gasteiger partial charge in [0.2, 0.25) is 0 Å². The van der Waals surface area contributed by atoms with Crippen molar-refractivity contribution in [3.05, 3.63) is 0 Å². The second kappa shape index (κ2) is 6.98. The summed E-state index contributed by atoms with van der Waals surface area (Å²) in [6, 6.07) is 0. The van der Waals surface area contributed by atoms with Gasteiger partial charge in [-0.15, -0.1) is 0 Å². The molecule has 0 aliphatic heterocycles. The number of methoxy groups -OCH3 is 1. The Labute approximate surface area is 88.7 Å². The fourth-order valence-electron chi connectivity index (χ4n) is 1.32. The van der Waals surface area contributed by atoms with Gasteiger partial charge >= 0.3 is 5.97 Å². The maximum Gasteiger partial charge on any atom is 0.306 e. The maximum absolute atomic E-state index is 11.8. The van der Waals surface area contributed by atoms with Gasteiger partial charge in [-0.3, -0.25) is 9.00 Å². The van der Waals surface area contributed by atoms with Crippen molar-refractivity contribution in [3.8, 4) is 0 Å². The summed E-state index contributed by atoms with van der Waals surface area (Å²) < 4.78 is 16.3. The van der Waals surface area contributed by atoms with Crippen LogP contribution in [0.1, 0.15) is 40.0 Å². The summed E-state index contributed by atoms with van der Waals surface area (Å²) in [5.41, 5.74) is 0. The molecule has 0 fully saturated rings. The Hall–Kier alpha value is -0.380. The normalized spacial score (nSPS) is 17.1. The molecule has 0 aromatic carbocycles. The molecule has 4 heteroatoms. The molecular formula is C10H20O3S. The first kappa shape index (κ1) is 13.6. The molecule has 0 saturated carbocycles. The first-order valence-corrected chi connectivity index (χ1v) is 6.26. The van der Waals surface area contributed by atoms with Crippen molar-refractivity contribution in [2.45, 2.75) is 50.5 Å². The lowest BCUT2D eigenvalue weighted by Gasteiger charge is -2.15. The zero-order valence-corrected chi connectivity index (χ0v) is 10.2. The first-order chi connectivity index (χ1) is 6.52. The zero-order valence-electron chi connectivity index (χ0n) is 9.41. The number of esters is 1. The van der Waals surface area contributed by atoms with Crippen LogP contribution in [0.5, 0.6) is 0 Å². The van der Waals surface area contributed by atoms with Gasteiger partial charge < -0.3 is 4.74 Å². The largest absolute Gasteiger partial charge is 0.469 e. The smallest absolute Gasteiger partial charge is 0.306 e. The number of hydrogen-bond acceptors (Lipinski definition) is 3. The molecule has 3 unspecified atom stereocenters. The van der Waals surface area contributed by atoms with Gasteiger partial charge in [-0.1, -0.05) is 27.2 Å². The van der Waals surface area contributed by atoms with Crippen molar-refractivity contribution >= 4 is 16.8 Å². The van der Waals surface area contributed by atoms with E-state index < -0.39 is 10.8 Å². The van der Waals surface area contributed by atoms with E-state index in [1.165, 1.54) is 7.11 Å². The highest BCUT2D eigenvalue weighted by Gasteiger charge is 2.20. The van der Waals surface area contributed by atoms with E-state index in [0.717, 1.165) is 12.8 Å². The lowest BCUT2D eigenvalue weighted by molar-refractivity contribution is -0.140. The van der Waals surface area contributed by atoms with E-state index in [9.17, 15) is 9.00 Å². The molecule has 0 aliphatic carbocycles. The minimum absolute atomic E-state index is 0.107. The molecule has 0 spiro atoms. The van der Waals surface area contributed by atoms with Crippen LogP contribution in [0.2, 0.25) is 0 Å². The lowest BCUT2D eigenvalue weighted by atomic mass is 10.3. The van der Waals surface area contributed by atoms with Gasteiger partial charge in [0.05, 0.1) is 13.5 Å². The number of ether oxygens (including phenoxy) is 1. The maximum atomic E-state index is 11.8. The molecule has 0 N–H and O–H groups in total. The summed E-state index contributed by atoms with van der Waals surface area (Å²) in [7, 11) is 0.422. The highest BCUT2D eigenvalue weighted by Crippen LogP contribution is 2.12. The van der Waals surface area contributed by atoms with Crippen molar-refractivity contribution in [3.63, 3.8) is 0 Å². The Bertz CT molecular complexity index is 204. The van der Waals surface area contributed by atoms with Crippen molar-refractivity contribution < 1.29 is 13.7 Å². The summed E-state index contributed by atoms with van der Waals surface area (Å²) in [5, 5.41) is 0.0589. The summed E-state index contributed by atoms with van der Waals surface area (Å²) in [4.78, 5) is 11.0. The Morgan fingerprint density at radius 2 is 1.93 bits per heavy atom. The fraction of sp³-hybridized carbons (Fsp3) is 0.900. The lowest BCUT2D eigenvalue weighted by Crippen LogP contribution is -2.24. The van der Waals surface area contributed by atoms with Crippen LogP contribution in [-0.4, -0.2) is 27.8 Å². The van der Waals surface area contributed by atoms with Crippen LogP contribution in [0, 0.1) is 0 Å². The standard InChI is InChI=1S/C10H20O3S/c1-5-6-8(2)14(12)9(3)7-10(11)13-4/h8-9H,5-7H2,1-4H3. The third-order valence-electron chi connectivity index (χ3n) is 2.17. The number of carbonyl (C=O) groups excluding carboxylic acids is 1. The Balaban J connectivity index is 4.04. The van der Waals surface area contributed by atoms with Gasteiger partial charge in [0, 0.05) is 21.3 Å². The molecule has 0 aromatic rings. The van der Waals surface area contributed by atoms with Gasteiger partial charge in [-0.25, -0.2) is 0 Å². The van der Waals surface area contributed by atoms with Crippen LogP contribution in [0.4, 0.5) is 0 Å². The van der Waals surface area contributed by atoms with Crippen LogP contribution in [-0.2, 0) is 20.3 Å². The Morgan fingerprint density at radius 1 is 1.36 bits per heavy atom. The summed E-state index contributed by atoms with van der Waals surface area (Å²) >= 11 is 0. The summed E-state index contributed by atoms with van der Waals surface area (Å²) in [5.74, 6) is -0.283. The highest BCUT2D eigenvalue weighted by molar-refractivity contribution is 7.86. The predicted octanol–water partition coefficient (Wildman–Crippen LogP) is 1.88. The van der Waals surface area contributed by atoms with Crippen molar-refractivity contribution in [1.82, 2.24) is 0 Å². The van der Waals surface area contributed by atoms with Gasteiger partial charge in [0.1, 0.15) is 0 Å². The van der Waals surface area contributed by atoms with E-state index in [4.69, 9.17) is 0 Å². The van der Waals surface area contributed by atoms with E-state index >= 15 is 0 Å². The van der Waals surface area contributed by atoms with Crippen molar-refractivity contribution in [2.75, 3.05) is 7.11 Å². The van der Waals surface area contributed by atoms with Crippen molar-refractivity contribution in [2.24, 2.45) is 0 Å². The molecule has 84 valence electrons.